The molecule has 0 bridgehead atoms. The molecule has 2 N–H and O–H groups in total. The van der Waals surface area contributed by atoms with E-state index in [1.807, 2.05) is 17.8 Å². The monoisotopic (exact) mass is 253 g/mol. The van der Waals surface area contributed by atoms with Crippen molar-refractivity contribution in [2.24, 2.45) is 0 Å². The third kappa shape index (κ3) is 1.29. The van der Waals surface area contributed by atoms with Gasteiger partial charge in [-0.05, 0) is 18.5 Å². The van der Waals surface area contributed by atoms with Gasteiger partial charge in [0, 0.05) is 5.38 Å². The summed E-state index contributed by atoms with van der Waals surface area (Å²) in [5.41, 5.74) is 10.6. The van der Waals surface area contributed by atoms with Gasteiger partial charge in [0.1, 0.15) is 9.71 Å². The average molecular weight is 253 g/mol. The molecule has 3 aromatic heterocycles. The van der Waals surface area contributed by atoms with Crippen molar-refractivity contribution in [2.45, 2.75) is 6.92 Å². The van der Waals surface area contributed by atoms with Gasteiger partial charge in [-0.15, -0.1) is 22.7 Å². The van der Waals surface area contributed by atoms with Gasteiger partial charge in [0.05, 0.1) is 27.2 Å². The Kier molecular flexibility index (Phi) is 2.01. The van der Waals surface area contributed by atoms with Crippen molar-refractivity contribution in [1.82, 2.24) is 9.36 Å². The first kappa shape index (κ1) is 9.26. The van der Waals surface area contributed by atoms with Crippen LogP contribution in [0.1, 0.15) is 5.69 Å². The number of hydrogen-bond acceptors (Lipinski definition) is 6. The first-order valence-corrected chi connectivity index (χ1v) is 6.83. The minimum atomic E-state index is 0.826. The number of aromatic nitrogens is 2. The maximum absolute atomic E-state index is 5.94. The number of anilines is 1. The van der Waals surface area contributed by atoms with Crippen LogP contribution < -0.4 is 5.73 Å². The molecule has 0 radical (unpaired) electrons. The van der Waals surface area contributed by atoms with E-state index in [2.05, 4.69) is 9.36 Å². The van der Waals surface area contributed by atoms with Crippen LogP contribution in [-0.2, 0) is 0 Å². The maximum Gasteiger partial charge on any atom is 0.110 e. The van der Waals surface area contributed by atoms with Gasteiger partial charge in [0.15, 0.2) is 0 Å². The lowest BCUT2D eigenvalue weighted by molar-refractivity contribution is 1.26. The van der Waals surface area contributed by atoms with Gasteiger partial charge in [-0.3, -0.25) is 0 Å². The fraction of sp³-hybridized carbons (Fsp3) is 0.111. The van der Waals surface area contributed by atoms with Crippen LogP contribution in [-0.4, -0.2) is 9.36 Å². The maximum atomic E-state index is 5.94. The Hall–Kier alpha value is -0.980. The highest BCUT2D eigenvalue weighted by Crippen LogP contribution is 2.41. The van der Waals surface area contributed by atoms with E-state index in [0.29, 0.717) is 0 Å². The van der Waals surface area contributed by atoms with Crippen molar-refractivity contribution in [3.63, 3.8) is 0 Å². The normalized spacial score (nSPS) is 11.3. The number of nitrogens with two attached hydrogens (primary N) is 1. The Morgan fingerprint density at radius 2 is 2.20 bits per heavy atom. The van der Waals surface area contributed by atoms with Crippen LogP contribution >= 0.6 is 34.2 Å². The Morgan fingerprint density at radius 1 is 1.33 bits per heavy atom. The number of rotatable bonds is 1. The summed E-state index contributed by atoms with van der Waals surface area (Å²) in [6.07, 6.45) is 0. The predicted octanol–water partition coefficient (Wildman–Crippen LogP) is 3.37. The molecule has 76 valence electrons. The lowest BCUT2D eigenvalue weighted by Crippen LogP contribution is -1.83. The molecule has 0 spiro atoms. The predicted molar refractivity (Wildman–Crippen MR) is 67.8 cm³/mol. The second kappa shape index (κ2) is 3.26. The molecule has 0 aliphatic carbocycles. The Balaban J connectivity index is 2.36. The van der Waals surface area contributed by atoms with Crippen molar-refractivity contribution in [2.75, 3.05) is 5.73 Å². The molecule has 0 atom stereocenters. The Bertz CT molecular complexity index is 619. The van der Waals surface area contributed by atoms with Crippen molar-refractivity contribution in [3.8, 4) is 10.6 Å². The molecule has 3 rings (SSSR count). The first-order chi connectivity index (χ1) is 7.27. The number of nitrogen functional groups attached to an aromatic ring is 1. The molecular formula is C9H7N3S3. The van der Waals surface area contributed by atoms with Crippen molar-refractivity contribution >= 4 is 49.3 Å². The van der Waals surface area contributed by atoms with Crippen molar-refractivity contribution in [3.05, 3.63) is 16.6 Å². The summed E-state index contributed by atoms with van der Waals surface area (Å²) in [4.78, 5) is 5.37. The third-order valence-corrected chi connectivity index (χ3v) is 5.08. The van der Waals surface area contributed by atoms with Gasteiger partial charge >= 0.3 is 0 Å². The van der Waals surface area contributed by atoms with Crippen LogP contribution in [0.4, 0.5) is 5.69 Å². The Labute approximate surface area is 98.4 Å². The molecular weight excluding hydrogens is 246 g/mol. The minimum Gasteiger partial charge on any atom is -0.397 e. The fourth-order valence-corrected chi connectivity index (χ4v) is 4.10. The highest BCUT2D eigenvalue weighted by molar-refractivity contribution is 7.35. The number of fused-ring (bicyclic) bond motifs is 1. The Morgan fingerprint density at radius 3 is 2.93 bits per heavy atom. The van der Waals surface area contributed by atoms with Crippen LogP contribution in [0, 0.1) is 6.92 Å². The molecule has 0 saturated carbocycles. The second-order valence-electron chi connectivity index (χ2n) is 3.15. The molecule has 0 aromatic carbocycles. The van der Waals surface area contributed by atoms with Gasteiger partial charge in [-0.25, -0.2) is 4.98 Å². The van der Waals surface area contributed by atoms with Crippen LogP contribution in [0.5, 0.6) is 0 Å². The van der Waals surface area contributed by atoms with Crippen LogP contribution in [0.25, 0.3) is 20.0 Å². The van der Waals surface area contributed by atoms with E-state index in [4.69, 9.17) is 5.73 Å². The van der Waals surface area contributed by atoms with E-state index >= 15 is 0 Å². The van der Waals surface area contributed by atoms with Crippen molar-refractivity contribution < 1.29 is 0 Å². The first-order valence-electron chi connectivity index (χ1n) is 4.30. The number of aryl methyl sites for hydroxylation is 1. The summed E-state index contributed by atoms with van der Waals surface area (Å²) in [6.45, 7) is 2.00. The summed E-state index contributed by atoms with van der Waals surface area (Å²) in [6, 6.07) is 0. The smallest absolute Gasteiger partial charge is 0.110 e. The van der Waals surface area contributed by atoms with Gasteiger partial charge < -0.3 is 5.73 Å². The van der Waals surface area contributed by atoms with Gasteiger partial charge in [-0.2, -0.15) is 4.37 Å². The van der Waals surface area contributed by atoms with Crippen LogP contribution in [0.15, 0.2) is 10.9 Å². The van der Waals surface area contributed by atoms with E-state index in [-0.39, 0.29) is 0 Å². The zero-order valence-electron chi connectivity index (χ0n) is 7.85. The molecule has 6 heteroatoms. The molecule has 0 saturated heterocycles. The van der Waals surface area contributed by atoms with Gasteiger partial charge in [-0.1, -0.05) is 0 Å². The number of nitrogens with zero attached hydrogens (tertiary/aromatic N) is 2. The van der Waals surface area contributed by atoms with Crippen LogP contribution in [0.2, 0.25) is 0 Å². The van der Waals surface area contributed by atoms with Crippen molar-refractivity contribution in [1.29, 1.82) is 0 Å². The molecule has 3 nitrogen and oxygen atoms in total. The average Bonchev–Trinajstić information content (AvgIpc) is 2.85. The highest BCUT2D eigenvalue weighted by atomic mass is 32.2. The summed E-state index contributed by atoms with van der Waals surface area (Å²) in [5, 5.41) is 3.07. The molecule has 3 heterocycles. The van der Waals surface area contributed by atoms with E-state index in [9.17, 15) is 0 Å². The van der Waals surface area contributed by atoms with E-state index in [1.165, 1.54) is 15.5 Å². The topological polar surface area (TPSA) is 51.8 Å². The van der Waals surface area contributed by atoms with Crippen LogP contribution in [0.3, 0.4) is 0 Å². The minimum absolute atomic E-state index is 0.826. The molecule has 15 heavy (non-hydrogen) atoms. The zero-order chi connectivity index (χ0) is 10.4. The van der Waals surface area contributed by atoms with Gasteiger partial charge in [0.25, 0.3) is 0 Å². The largest absolute Gasteiger partial charge is 0.397 e. The summed E-state index contributed by atoms with van der Waals surface area (Å²) in [7, 11) is 0. The highest BCUT2D eigenvalue weighted by Gasteiger charge is 2.16. The standard InChI is InChI=1S/C9H7N3S3/c1-4-8(14-3-11-4)7-6-5(10)2-13-9(6)15-12-7/h2-3H,10H2,1H3. The summed E-state index contributed by atoms with van der Waals surface area (Å²) >= 11 is 4.78. The molecule has 0 amide bonds. The third-order valence-electron chi connectivity index (χ3n) is 2.20. The molecule has 0 aliphatic rings. The van der Waals surface area contributed by atoms with Gasteiger partial charge in [0.2, 0.25) is 0 Å². The summed E-state index contributed by atoms with van der Waals surface area (Å²) in [5.74, 6) is 0. The lowest BCUT2D eigenvalue weighted by Gasteiger charge is -1.93. The molecule has 0 unspecified atom stereocenters. The molecule has 0 aliphatic heterocycles. The SMILES string of the molecule is Cc1ncsc1-c1nsc2scc(N)c12. The van der Waals surface area contributed by atoms with E-state index in [1.54, 1.807) is 22.7 Å². The number of thiazole rings is 1. The van der Waals surface area contributed by atoms with E-state index < -0.39 is 0 Å². The fourth-order valence-electron chi connectivity index (χ4n) is 1.47. The molecule has 0 fully saturated rings. The lowest BCUT2D eigenvalue weighted by atomic mass is 10.2. The zero-order valence-corrected chi connectivity index (χ0v) is 10.3. The second-order valence-corrected chi connectivity index (χ2v) is 5.92. The number of thiophene rings is 1. The molecule has 3 aromatic rings. The quantitative estimate of drug-likeness (QED) is 0.723. The number of hydrogen-bond donors (Lipinski definition) is 1. The summed E-state index contributed by atoms with van der Waals surface area (Å²) < 4.78 is 5.65. The van der Waals surface area contributed by atoms with E-state index in [0.717, 1.165) is 27.3 Å².